The molecule has 2 aromatic rings. The molecular weight excluding hydrogens is 412 g/mol. The van der Waals surface area contributed by atoms with Crippen molar-refractivity contribution in [3.63, 3.8) is 0 Å². The molecule has 3 rings (SSSR count). The molecule has 166 valence electrons. The Kier molecular flexibility index (Phi) is 7.07. The topological polar surface area (TPSA) is 69.6 Å². The number of nitrogens with zero attached hydrogens (tertiary/aromatic N) is 1. The van der Waals surface area contributed by atoms with Crippen LogP contribution in [0, 0.1) is 5.41 Å². The standard InChI is InChI=1S/C25H31ClN2O3/c1-4-21(27-23(30)18-8-6-5-7-9-18)16-22(29)28-15-14-25(31,24(2,3)17-28)19-10-12-20(26)13-11-19/h5-13,21,31H,4,14-17H2,1-3H3,(H,27,30)/t21-,25-/m0/s1. The molecule has 1 fully saturated rings. The Bertz CT molecular complexity index is 914. The molecule has 0 unspecified atom stereocenters. The number of nitrogens with one attached hydrogen (secondary N) is 1. The number of rotatable bonds is 6. The summed E-state index contributed by atoms with van der Waals surface area (Å²) in [6.45, 7) is 6.83. The molecule has 1 heterocycles. The third kappa shape index (κ3) is 5.10. The van der Waals surface area contributed by atoms with Crippen LogP contribution in [0.25, 0.3) is 0 Å². The fourth-order valence-electron chi connectivity index (χ4n) is 4.29. The second-order valence-corrected chi connectivity index (χ2v) is 9.40. The first-order chi connectivity index (χ1) is 14.7. The van der Waals surface area contributed by atoms with Gasteiger partial charge in [0.15, 0.2) is 0 Å². The van der Waals surface area contributed by atoms with Crippen molar-refractivity contribution in [2.75, 3.05) is 13.1 Å². The van der Waals surface area contributed by atoms with Crippen molar-refractivity contribution in [1.82, 2.24) is 10.2 Å². The van der Waals surface area contributed by atoms with Crippen molar-refractivity contribution in [2.45, 2.75) is 51.7 Å². The van der Waals surface area contributed by atoms with Gasteiger partial charge >= 0.3 is 0 Å². The first-order valence-electron chi connectivity index (χ1n) is 10.8. The first-order valence-corrected chi connectivity index (χ1v) is 11.2. The number of piperidine rings is 1. The van der Waals surface area contributed by atoms with Crippen molar-refractivity contribution in [3.8, 4) is 0 Å². The van der Waals surface area contributed by atoms with Crippen LogP contribution in [0.4, 0.5) is 0 Å². The predicted octanol–water partition coefficient (Wildman–Crippen LogP) is 4.38. The summed E-state index contributed by atoms with van der Waals surface area (Å²) in [5, 5.41) is 15.1. The van der Waals surface area contributed by atoms with Gasteiger partial charge < -0.3 is 15.3 Å². The van der Waals surface area contributed by atoms with E-state index in [2.05, 4.69) is 5.32 Å². The molecule has 2 N–H and O–H groups in total. The zero-order valence-corrected chi connectivity index (χ0v) is 19.2. The summed E-state index contributed by atoms with van der Waals surface area (Å²) in [5.74, 6) is -0.178. The van der Waals surface area contributed by atoms with Crippen LogP contribution in [0.1, 0.15) is 56.0 Å². The molecule has 1 saturated heterocycles. The molecule has 2 amide bonds. The van der Waals surface area contributed by atoms with E-state index in [9.17, 15) is 14.7 Å². The van der Waals surface area contributed by atoms with Crippen LogP contribution in [-0.4, -0.2) is 41.0 Å². The van der Waals surface area contributed by atoms with Gasteiger partial charge in [-0.05, 0) is 42.7 Å². The van der Waals surface area contributed by atoms with E-state index in [0.29, 0.717) is 36.5 Å². The van der Waals surface area contributed by atoms with E-state index >= 15 is 0 Å². The Morgan fingerprint density at radius 3 is 2.35 bits per heavy atom. The SMILES string of the molecule is CC[C@@H](CC(=O)N1CC[C@](O)(c2ccc(Cl)cc2)C(C)(C)C1)NC(=O)c1ccccc1. The van der Waals surface area contributed by atoms with Crippen molar-refractivity contribution >= 4 is 23.4 Å². The highest BCUT2D eigenvalue weighted by molar-refractivity contribution is 6.30. The van der Waals surface area contributed by atoms with E-state index in [4.69, 9.17) is 11.6 Å². The summed E-state index contributed by atoms with van der Waals surface area (Å²) in [5.41, 5.74) is -0.180. The van der Waals surface area contributed by atoms with Gasteiger partial charge in [0.25, 0.3) is 5.91 Å². The van der Waals surface area contributed by atoms with Crippen LogP contribution in [0.3, 0.4) is 0 Å². The van der Waals surface area contributed by atoms with Crippen LogP contribution in [0.2, 0.25) is 5.02 Å². The molecule has 6 heteroatoms. The number of hydrogen-bond acceptors (Lipinski definition) is 3. The molecule has 0 spiro atoms. The molecule has 2 atom stereocenters. The first kappa shape index (κ1) is 23.3. The fraction of sp³-hybridized carbons (Fsp3) is 0.440. The van der Waals surface area contributed by atoms with E-state index in [1.165, 1.54) is 0 Å². The maximum atomic E-state index is 13.0. The van der Waals surface area contributed by atoms with Crippen LogP contribution in [0.5, 0.6) is 0 Å². The largest absolute Gasteiger partial charge is 0.384 e. The summed E-state index contributed by atoms with van der Waals surface area (Å²) >= 11 is 6.00. The highest BCUT2D eigenvalue weighted by Gasteiger charge is 2.49. The fourth-order valence-corrected chi connectivity index (χ4v) is 4.42. The quantitative estimate of drug-likeness (QED) is 0.697. The Hall–Kier alpha value is -2.37. The maximum Gasteiger partial charge on any atom is 0.251 e. The third-order valence-corrected chi connectivity index (χ3v) is 6.66. The molecule has 1 aliphatic heterocycles. The minimum absolute atomic E-state index is 0.00792. The van der Waals surface area contributed by atoms with E-state index in [1.807, 2.05) is 56.0 Å². The molecule has 5 nitrogen and oxygen atoms in total. The molecule has 1 aliphatic rings. The zero-order chi connectivity index (χ0) is 22.6. The van der Waals surface area contributed by atoms with Gasteiger partial charge in [-0.1, -0.05) is 62.7 Å². The monoisotopic (exact) mass is 442 g/mol. The lowest BCUT2D eigenvalue weighted by atomic mass is 9.66. The molecule has 0 aromatic heterocycles. The van der Waals surface area contributed by atoms with Crippen LogP contribution >= 0.6 is 11.6 Å². The second kappa shape index (κ2) is 9.41. The van der Waals surface area contributed by atoms with Crippen molar-refractivity contribution < 1.29 is 14.7 Å². The third-order valence-electron chi connectivity index (χ3n) is 6.41. The van der Waals surface area contributed by atoms with Crippen molar-refractivity contribution in [3.05, 3.63) is 70.7 Å². The van der Waals surface area contributed by atoms with Gasteiger partial charge in [0.05, 0.1) is 5.60 Å². The van der Waals surface area contributed by atoms with Crippen molar-refractivity contribution in [2.24, 2.45) is 5.41 Å². The Labute approximate surface area is 189 Å². The Morgan fingerprint density at radius 1 is 1.13 bits per heavy atom. The van der Waals surface area contributed by atoms with Crippen LogP contribution in [0.15, 0.2) is 54.6 Å². The lowest BCUT2D eigenvalue weighted by molar-refractivity contribution is -0.153. The molecule has 31 heavy (non-hydrogen) atoms. The summed E-state index contributed by atoms with van der Waals surface area (Å²) in [7, 11) is 0. The number of carbonyl (C=O) groups excluding carboxylic acids is 2. The normalized spacial score (nSPS) is 21.4. The predicted molar refractivity (Wildman–Crippen MR) is 123 cm³/mol. The average Bonchev–Trinajstić information content (AvgIpc) is 2.76. The molecule has 0 bridgehead atoms. The lowest BCUT2D eigenvalue weighted by Gasteiger charge is -2.50. The van der Waals surface area contributed by atoms with Gasteiger partial charge in [-0.2, -0.15) is 0 Å². The smallest absolute Gasteiger partial charge is 0.251 e. The van der Waals surface area contributed by atoms with E-state index in [-0.39, 0.29) is 24.3 Å². The second-order valence-electron chi connectivity index (χ2n) is 8.97. The maximum absolute atomic E-state index is 13.0. The van der Waals surface area contributed by atoms with E-state index in [1.54, 1.807) is 24.3 Å². The summed E-state index contributed by atoms with van der Waals surface area (Å²) in [6.07, 6.45) is 1.35. The van der Waals surface area contributed by atoms with Gasteiger partial charge in [0, 0.05) is 41.6 Å². The van der Waals surface area contributed by atoms with Gasteiger partial charge in [-0.3, -0.25) is 9.59 Å². The van der Waals surface area contributed by atoms with Gasteiger partial charge in [0.2, 0.25) is 5.91 Å². The number of halogens is 1. The van der Waals surface area contributed by atoms with Gasteiger partial charge in [0.1, 0.15) is 0 Å². The van der Waals surface area contributed by atoms with Crippen molar-refractivity contribution in [1.29, 1.82) is 0 Å². The lowest BCUT2D eigenvalue weighted by Crippen LogP contribution is -2.57. The molecule has 0 aliphatic carbocycles. The Balaban J connectivity index is 1.65. The summed E-state index contributed by atoms with van der Waals surface area (Å²) in [6, 6.07) is 16.1. The van der Waals surface area contributed by atoms with Crippen LogP contribution < -0.4 is 5.32 Å². The molecule has 0 radical (unpaired) electrons. The highest BCUT2D eigenvalue weighted by atomic mass is 35.5. The minimum atomic E-state index is -1.04. The number of carbonyl (C=O) groups is 2. The van der Waals surface area contributed by atoms with Gasteiger partial charge in [-0.25, -0.2) is 0 Å². The molecule has 0 saturated carbocycles. The zero-order valence-electron chi connectivity index (χ0n) is 18.4. The highest BCUT2D eigenvalue weighted by Crippen LogP contribution is 2.46. The Morgan fingerprint density at radius 2 is 1.77 bits per heavy atom. The average molecular weight is 443 g/mol. The summed E-state index contributed by atoms with van der Waals surface area (Å²) < 4.78 is 0. The number of likely N-dealkylation sites (tertiary alicyclic amines) is 1. The van der Waals surface area contributed by atoms with Crippen LogP contribution in [-0.2, 0) is 10.4 Å². The minimum Gasteiger partial charge on any atom is -0.384 e. The van der Waals surface area contributed by atoms with E-state index < -0.39 is 11.0 Å². The number of aliphatic hydroxyl groups is 1. The summed E-state index contributed by atoms with van der Waals surface area (Å²) in [4.78, 5) is 27.3. The molecular formula is C25H31ClN2O3. The molecule has 2 aromatic carbocycles. The van der Waals surface area contributed by atoms with Gasteiger partial charge in [-0.15, -0.1) is 0 Å². The number of benzene rings is 2. The number of hydrogen-bond donors (Lipinski definition) is 2. The van der Waals surface area contributed by atoms with E-state index in [0.717, 1.165) is 5.56 Å². The number of amides is 2.